The lowest BCUT2D eigenvalue weighted by atomic mass is 10.0. The van der Waals surface area contributed by atoms with Crippen LogP contribution in [0, 0.1) is 0 Å². The predicted octanol–water partition coefficient (Wildman–Crippen LogP) is 23.4. The second-order valence-corrected chi connectivity index (χ2v) is 31.0. The van der Waals surface area contributed by atoms with E-state index in [-0.39, 0.29) is 25.7 Å². The van der Waals surface area contributed by atoms with Crippen LogP contribution in [0.5, 0.6) is 0 Å². The van der Waals surface area contributed by atoms with E-state index in [1.807, 2.05) is 0 Å². The number of carbonyl (C=O) groups excluding carboxylic acids is 4. The Morgan fingerprint density at radius 1 is 0.247 bits per heavy atom. The summed E-state index contributed by atoms with van der Waals surface area (Å²) < 4.78 is 68.6. The van der Waals surface area contributed by atoms with Crippen molar-refractivity contribution in [2.75, 3.05) is 39.6 Å². The Morgan fingerprint density at radius 3 is 0.608 bits per heavy atom. The number of carbonyl (C=O) groups is 4. The Morgan fingerprint density at radius 2 is 0.412 bits per heavy atom. The minimum Gasteiger partial charge on any atom is -0.462 e. The molecule has 0 fully saturated rings. The van der Waals surface area contributed by atoms with Crippen molar-refractivity contribution in [3.05, 3.63) is 0 Å². The molecule has 0 radical (unpaired) electrons. The fraction of sp³-hybridized carbons (Fsp3) is 0.949. The van der Waals surface area contributed by atoms with E-state index in [0.29, 0.717) is 25.7 Å². The fourth-order valence-electron chi connectivity index (χ4n) is 12.1. The van der Waals surface area contributed by atoms with Gasteiger partial charge in [0, 0.05) is 25.7 Å². The molecule has 0 aromatic carbocycles. The molecule has 0 aromatic rings. The number of rotatable bonds is 79. The molecule has 5 atom stereocenters. The molecule has 0 aliphatic heterocycles. The van der Waals surface area contributed by atoms with E-state index >= 15 is 0 Å². The third-order valence-corrected chi connectivity index (χ3v) is 20.3. The number of phosphoric ester groups is 2. The van der Waals surface area contributed by atoms with Crippen LogP contribution in [0.2, 0.25) is 0 Å². The standard InChI is InChI=1S/C78H152O17P2/c1-5-9-13-17-21-25-29-32-33-34-35-36-37-38-41-45-49-53-57-61-65-78(83)95-74(69-89-76(81)63-59-55-51-47-43-39-30-26-22-18-14-10-6-2)71-93-97(86,87)91-67-72(79)66-90-96(84,85)92-70-73(68-88-75(80)62-58-54-50-46-42-28-24-20-16-12-8-4)94-77(82)64-60-56-52-48-44-40-31-27-23-19-15-11-7-3/h72-74,79H,5-71H2,1-4H3,(H,84,85)(H,86,87)/t72-,73+,74+/m0/s1. The Labute approximate surface area is 594 Å². The summed E-state index contributed by atoms with van der Waals surface area (Å²) in [6.07, 6.45) is 63.7. The minimum absolute atomic E-state index is 0.108. The lowest BCUT2D eigenvalue weighted by Gasteiger charge is -2.21. The fourth-order valence-corrected chi connectivity index (χ4v) is 13.7. The van der Waals surface area contributed by atoms with Gasteiger partial charge in [0.2, 0.25) is 0 Å². The SMILES string of the molecule is CCCCCCCCCCCCCCCCCCCCCCC(=O)O[C@H](COC(=O)CCCCCCCCCCCCCCC)COP(=O)(O)OC[C@@H](O)COP(=O)(O)OC[C@@H](COC(=O)CCCCCCCCCCCCC)OC(=O)CCCCCCCCCCCCCCC. The smallest absolute Gasteiger partial charge is 0.462 e. The molecule has 0 aromatic heterocycles. The van der Waals surface area contributed by atoms with E-state index in [9.17, 15) is 43.2 Å². The molecule has 0 heterocycles. The van der Waals surface area contributed by atoms with Crippen LogP contribution < -0.4 is 0 Å². The van der Waals surface area contributed by atoms with Gasteiger partial charge in [-0.25, -0.2) is 9.13 Å². The quantitative estimate of drug-likeness (QED) is 0.0222. The molecule has 0 aliphatic carbocycles. The highest BCUT2D eigenvalue weighted by Crippen LogP contribution is 2.45. The van der Waals surface area contributed by atoms with E-state index in [1.54, 1.807) is 0 Å². The van der Waals surface area contributed by atoms with Crippen LogP contribution in [0.1, 0.15) is 419 Å². The van der Waals surface area contributed by atoms with E-state index in [2.05, 4.69) is 27.7 Å². The molecule has 17 nitrogen and oxygen atoms in total. The largest absolute Gasteiger partial charge is 0.472 e. The van der Waals surface area contributed by atoms with Gasteiger partial charge >= 0.3 is 39.5 Å². The van der Waals surface area contributed by atoms with Gasteiger partial charge in [0.15, 0.2) is 12.2 Å². The van der Waals surface area contributed by atoms with Crippen LogP contribution in [0.25, 0.3) is 0 Å². The Hall–Kier alpha value is -1.94. The zero-order valence-electron chi connectivity index (χ0n) is 63.1. The van der Waals surface area contributed by atoms with Crippen LogP contribution >= 0.6 is 15.6 Å². The zero-order chi connectivity index (χ0) is 71.1. The van der Waals surface area contributed by atoms with Crippen molar-refractivity contribution in [3.8, 4) is 0 Å². The maximum absolute atomic E-state index is 13.1. The summed E-state index contributed by atoms with van der Waals surface area (Å²) in [4.78, 5) is 72.9. The maximum atomic E-state index is 13.1. The minimum atomic E-state index is -4.96. The zero-order valence-corrected chi connectivity index (χ0v) is 64.8. The number of esters is 4. The maximum Gasteiger partial charge on any atom is 0.472 e. The molecule has 0 amide bonds. The Bertz CT molecular complexity index is 1840. The molecule has 0 rings (SSSR count). The number of ether oxygens (including phenoxy) is 4. The lowest BCUT2D eigenvalue weighted by molar-refractivity contribution is -0.161. The molecule has 2 unspecified atom stereocenters. The van der Waals surface area contributed by atoms with Crippen molar-refractivity contribution >= 4 is 39.5 Å². The van der Waals surface area contributed by atoms with E-state index in [0.717, 1.165) is 89.9 Å². The van der Waals surface area contributed by atoms with Gasteiger partial charge < -0.3 is 33.8 Å². The van der Waals surface area contributed by atoms with Crippen molar-refractivity contribution < 1.29 is 80.2 Å². The summed E-state index contributed by atoms with van der Waals surface area (Å²) in [7, 11) is -9.91. The molecule has 3 N–H and O–H groups in total. The first kappa shape index (κ1) is 95.1. The third kappa shape index (κ3) is 72.2. The predicted molar refractivity (Wildman–Crippen MR) is 395 cm³/mol. The van der Waals surface area contributed by atoms with Gasteiger partial charge in [-0.15, -0.1) is 0 Å². The molecular formula is C78H152O17P2. The molecule has 576 valence electrons. The van der Waals surface area contributed by atoms with Gasteiger partial charge in [0.05, 0.1) is 26.4 Å². The molecule has 0 saturated heterocycles. The topological polar surface area (TPSA) is 237 Å². The van der Waals surface area contributed by atoms with E-state index in [4.69, 9.17) is 37.0 Å². The van der Waals surface area contributed by atoms with Gasteiger partial charge in [-0.2, -0.15) is 0 Å². The molecule has 19 heteroatoms. The van der Waals surface area contributed by atoms with Crippen LogP contribution in [0.3, 0.4) is 0 Å². The second kappa shape index (κ2) is 72.4. The summed E-state index contributed by atoms with van der Waals surface area (Å²) in [5, 5.41) is 10.6. The number of aliphatic hydroxyl groups excluding tert-OH is 1. The van der Waals surface area contributed by atoms with Gasteiger partial charge in [0.25, 0.3) is 0 Å². The number of hydrogen-bond acceptors (Lipinski definition) is 15. The normalized spacial score (nSPS) is 13.8. The van der Waals surface area contributed by atoms with Crippen LogP contribution in [-0.4, -0.2) is 96.7 Å². The number of phosphoric acid groups is 2. The van der Waals surface area contributed by atoms with E-state index in [1.165, 1.54) is 250 Å². The summed E-state index contributed by atoms with van der Waals surface area (Å²) in [6.45, 7) is 5.01. The van der Waals surface area contributed by atoms with Crippen molar-refractivity contribution in [1.82, 2.24) is 0 Å². The first-order valence-corrected chi connectivity index (χ1v) is 43.8. The highest BCUT2D eigenvalue weighted by atomic mass is 31.2. The second-order valence-electron chi connectivity index (χ2n) is 28.1. The van der Waals surface area contributed by atoms with Crippen molar-refractivity contribution in [2.24, 2.45) is 0 Å². The van der Waals surface area contributed by atoms with Crippen LogP contribution in [0.4, 0.5) is 0 Å². The summed E-state index contributed by atoms with van der Waals surface area (Å²) in [5.74, 6) is -2.11. The summed E-state index contributed by atoms with van der Waals surface area (Å²) in [5.41, 5.74) is 0. The van der Waals surface area contributed by atoms with Crippen molar-refractivity contribution in [1.29, 1.82) is 0 Å². The monoisotopic (exact) mass is 1420 g/mol. The van der Waals surface area contributed by atoms with Gasteiger partial charge in [-0.3, -0.25) is 37.3 Å². The molecule has 0 bridgehead atoms. The van der Waals surface area contributed by atoms with Crippen LogP contribution in [0.15, 0.2) is 0 Å². The van der Waals surface area contributed by atoms with Gasteiger partial charge in [0.1, 0.15) is 19.3 Å². The summed E-state index contributed by atoms with van der Waals surface area (Å²) in [6, 6.07) is 0. The third-order valence-electron chi connectivity index (χ3n) is 18.4. The average Bonchev–Trinajstić information content (AvgIpc) is 1.26. The van der Waals surface area contributed by atoms with Gasteiger partial charge in [-0.05, 0) is 25.7 Å². The highest BCUT2D eigenvalue weighted by molar-refractivity contribution is 7.47. The molecule has 0 saturated carbocycles. The molecule has 0 aliphatic rings. The first-order valence-electron chi connectivity index (χ1n) is 40.8. The molecule has 0 spiro atoms. The first-order chi connectivity index (χ1) is 47.2. The van der Waals surface area contributed by atoms with Crippen LogP contribution in [-0.2, 0) is 65.4 Å². The van der Waals surface area contributed by atoms with Gasteiger partial charge in [-0.1, -0.05) is 368 Å². The summed E-state index contributed by atoms with van der Waals surface area (Å²) >= 11 is 0. The van der Waals surface area contributed by atoms with Crippen molar-refractivity contribution in [2.45, 2.75) is 438 Å². The lowest BCUT2D eigenvalue weighted by Crippen LogP contribution is -2.30. The number of unbranched alkanes of at least 4 members (excludes halogenated alkanes) is 53. The number of aliphatic hydroxyl groups is 1. The Balaban J connectivity index is 5.22. The van der Waals surface area contributed by atoms with Crippen molar-refractivity contribution in [3.63, 3.8) is 0 Å². The average molecular weight is 1420 g/mol. The molecular weight excluding hydrogens is 1270 g/mol. The molecule has 97 heavy (non-hydrogen) atoms. The Kier molecular flexibility index (Phi) is 71.0. The van der Waals surface area contributed by atoms with E-state index < -0.39 is 97.5 Å². The highest BCUT2D eigenvalue weighted by Gasteiger charge is 2.30. The number of hydrogen-bond donors (Lipinski definition) is 3.